The Morgan fingerprint density at radius 2 is 0.642 bits per heavy atom. The normalized spacial score (nSPS) is 11.0. The number of ether oxygens (including phenoxy) is 4. The average molecular weight is 753 g/mol. The lowest BCUT2D eigenvalue weighted by atomic mass is 10.1. The van der Waals surface area contributed by atoms with Gasteiger partial charge in [-0.05, 0) is 121 Å². The fraction of sp³-hybridized carbons (Fsp3) is 0.0909. The van der Waals surface area contributed by atoms with Gasteiger partial charge in [-0.3, -0.25) is 0 Å². The minimum atomic E-state index is 0.820. The largest absolute Gasteiger partial charge is 0.497 e. The second kappa shape index (κ2) is 15.1. The highest BCUT2D eigenvalue weighted by atomic mass is 32.1. The number of anilines is 6. The first-order valence-electron chi connectivity index (χ1n) is 17.0. The van der Waals surface area contributed by atoms with E-state index in [0.717, 1.165) is 55.7 Å². The van der Waals surface area contributed by atoms with Crippen molar-refractivity contribution in [3.63, 3.8) is 0 Å². The molecule has 0 N–H and O–H groups in total. The lowest BCUT2D eigenvalue weighted by Gasteiger charge is -2.24. The van der Waals surface area contributed by atoms with E-state index in [9.17, 15) is 0 Å². The molecule has 264 valence electrons. The highest BCUT2D eigenvalue weighted by molar-refractivity contribution is 7.29. The fourth-order valence-corrected chi connectivity index (χ4v) is 9.95. The van der Waals surface area contributed by atoms with Gasteiger partial charge in [-0.25, -0.2) is 0 Å². The Bertz CT molecular complexity index is 2180. The smallest absolute Gasteiger partial charge is 0.119 e. The van der Waals surface area contributed by atoms with E-state index >= 15 is 0 Å². The number of methoxy groups -OCH3 is 4. The molecule has 3 aromatic heterocycles. The molecular formula is C44H36N2O4S3. The third kappa shape index (κ3) is 6.82. The summed E-state index contributed by atoms with van der Waals surface area (Å²) in [7, 11) is 6.76. The summed E-state index contributed by atoms with van der Waals surface area (Å²) in [4.78, 5) is 9.51. The van der Waals surface area contributed by atoms with Crippen molar-refractivity contribution < 1.29 is 18.9 Å². The van der Waals surface area contributed by atoms with Crippen LogP contribution in [0, 0.1) is 0 Å². The lowest BCUT2D eigenvalue weighted by molar-refractivity contribution is 0.414. The predicted octanol–water partition coefficient (Wildman–Crippen LogP) is 13.3. The zero-order valence-electron chi connectivity index (χ0n) is 29.6. The molecular weight excluding hydrogens is 717 g/mol. The van der Waals surface area contributed by atoms with E-state index < -0.39 is 0 Å². The van der Waals surface area contributed by atoms with E-state index in [0.29, 0.717) is 0 Å². The van der Waals surface area contributed by atoms with Crippen molar-refractivity contribution >= 4 is 77.5 Å². The molecule has 3 heterocycles. The van der Waals surface area contributed by atoms with Gasteiger partial charge < -0.3 is 28.7 Å². The SMILES string of the molecule is COc1ccc(N(c2ccc(OC)cc2)c2ccc(-c3sc(-c4ccc(N(c5ccc(OC)cc5)c5ccc(OC)cc5)s4)c4ccccc34)s2)cc1. The molecule has 0 amide bonds. The number of nitrogens with zero attached hydrogens (tertiary/aromatic N) is 2. The Morgan fingerprint density at radius 3 is 0.925 bits per heavy atom. The van der Waals surface area contributed by atoms with Gasteiger partial charge in [0, 0.05) is 43.3 Å². The van der Waals surface area contributed by atoms with Crippen LogP contribution in [0.15, 0.2) is 146 Å². The van der Waals surface area contributed by atoms with Crippen LogP contribution in [-0.4, -0.2) is 28.4 Å². The summed E-state index contributed by atoms with van der Waals surface area (Å²) in [6, 6.07) is 50.4. The quantitative estimate of drug-likeness (QED) is 0.124. The minimum absolute atomic E-state index is 0.820. The van der Waals surface area contributed by atoms with Crippen LogP contribution in [-0.2, 0) is 0 Å². The minimum Gasteiger partial charge on any atom is -0.497 e. The molecule has 0 unspecified atom stereocenters. The monoisotopic (exact) mass is 752 g/mol. The zero-order chi connectivity index (χ0) is 36.3. The van der Waals surface area contributed by atoms with E-state index in [4.69, 9.17) is 18.9 Å². The molecule has 8 aromatic rings. The molecule has 0 saturated heterocycles. The van der Waals surface area contributed by atoms with Crippen LogP contribution < -0.4 is 28.7 Å². The number of benzene rings is 5. The van der Waals surface area contributed by atoms with Crippen LogP contribution in [0.2, 0.25) is 0 Å². The average Bonchev–Trinajstić information content (AvgIpc) is 3.99. The molecule has 5 aromatic carbocycles. The van der Waals surface area contributed by atoms with Crippen LogP contribution in [0.25, 0.3) is 30.3 Å². The Kier molecular flexibility index (Phi) is 9.78. The number of hydrogen-bond donors (Lipinski definition) is 0. The summed E-state index contributed by atoms with van der Waals surface area (Å²) in [5.41, 5.74) is 4.19. The summed E-state index contributed by atoms with van der Waals surface area (Å²) in [6.07, 6.45) is 0. The van der Waals surface area contributed by atoms with Crippen molar-refractivity contribution in [2.45, 2.75) is 0 Å². The van der Waals surface area contributed by atoms with Gasteiger partial charge >= 0.3 is 0 Å². The number of thiophene rings is 3. The van der Waals surface area contributed by atoms with Gasteiger partial charge in [-0.1, -0.05) is 24.3 Å². The summed E-state index contributed by atoms with van der Waals surface area (Å²) in [5, 5.41) is 4.72. The third-order valence-electron chi connectivity index (χ3n) is 9.01. The third-order valence-corrected chi connectivity index (χ3v) is 12.7. The summed E-state index contributed by atoms with van der Waals surface area (Å²) < 4.78 is 21.9. The first-order valence-corrected chi connectivity index (χ1v) is 19.4. The van der Waals surface area contributed by atoms with Gasteiger partial charge in [0.05, 0.1) is 38.2 Å². The van der Waals surface area contributed by atoms with Gasteiger partial charge in [-0.2, -0.15) is 0 Å². The maximum absolute atomic E-state index is 5.47. The molecule has 6 nitrogen and oxygen atoms in total. The van der Waals surface area contributed by atoms with E-state index in [1.807, 2.05) is 59.9 Å². The van der Waals surface area contributed by atoms with Crippen LogP contribution in [0.1, 0.15) is 0 Å². The fourth-order valence-electron chi connectivity index (χ4n) is 6.33. The van der Waals surface area contributed by atoms with Crippen molar-refractivity contribution in [1.29, 1.82) is 0 Å². The molecule has 0 saturated carbocycles. The van der Waals surface area contributed by atoms with Gasteiger partial charge in [0.1, 0.15) is 33.0 Å². The Morgan fingerprint density at radius 1 is 0.340 bits per heavy atom. The van der Waals surface area contributed by atoms with E-state index in [-0.39, 0.29) is 0 Å². The van der Waals surface area contributed by atoms with Crippen LogP contribution in [0.4, 0.5) is 32.8 Å². The predicted molar refractivity (Wildman–Crippen MR) is 224 cm³/mol. The van der Waals surface area contributed by atoms with Crippen molar-refractivity contribution in [2.75, 3.05) is 38.2 Å². The van der Waals surface area contributed by atoms with Gasteiger partial charge in [-0.15, -0.1) is 34.0 Å². The molecule has 0 fully saturated rings. The summed E-state index contributed by atoms with van der Waals surface area (Å²) in [5.74, 6) is 3.28. The van der Waals surface area contributed by atoms with E-state index in [1.165, 1.54) is 30.3 Å². The van der Waals surface area contributed by atoms with Crippen LogP contribution in [0.3, 0.4) is 0 Å². The lowest BCUT2D eigenvalue weighted by Crippen LogP contribution is -2.08. The molecule has 0 spiro atoms. The molecule has 9 heteroatoms. The maximum Gasteiger partial charge on any atom is 0.119 e. The Balaban J connectivity index is 1.19. The maximum atomic E-state index is 5.47. The Hall–Kier alpha value is -5.74. The van der Waals surface area contributed by atoms with Crippen LogP contribution >= 0.6 is 34.0 Å². The second-order valence-corrected chi connectivity index (χ2v) is 15.2. The molecule has 0 bridgehead atoms. The van der Waals surface area contributed by atoms with Gasteiger partial charge in [0.2, 0.25) is 0 Å². The molecule has 0 atom stereocenters. The Labute approximate surface area is 321 Å². The topological polar surface area (TPSA) is 43.4 Å². The molecule has 0 aliphatic rings. The molecule has 0 aliphatic heterocycles. The van der Waals surface area contributed by atoms with Crippen molar-refractivity contribution in [2.24, 2.45) is 0 Å². The van der Waals surface area contributed by atoms with Gasteiger partial charge in [0.15, 0.2) is 0 Å². The number of hydrogen-bond acceptors (Lipinski definition) is 9. The number of rotatable bonds is 12. The van der Waals surface area contributed by atoms with E-state index in [1.54, 1.807) is 51.1 Å². The van der Waals surface area contributed by atoms with Crippen LogP contribution in [0.5, 0.6) is 23.0 Å². The molecule has 8 rings (SSSR count). The van der Waals surface area contributed by atoms with Crippen molar-refractivity contribution in [3.05, 3.63) is 146 Å². The molecule has 0 aliphatic carbocycles. The standard InChI is InChI=1S/C44H36N2O4S3/c1-47-33-17-9-29(10-18-33)45(30-11-19-34(48-2)20-12-30)41-27-25-39(51-41)43-37-7-5-6-8-38(37)44(53-43)40-26-28-42(52-40)46(31-13-21-35(49-3)22-14-31)32-15-23-36(50-4)24-16-32/h5-28H,1-4H3. The highest BCUT2D eigenvalue weighted by Gasteiger charge is 2.22. The highest BCUT2D eigenvalue weighted by Crippen LogP contribution is 2.51. The molecule has 0 radical (unpaired) electrons. The zero-order valence-corrected chi connectivity index (χ0v) is 32.1. The van der Waals surface area contributed by atoms with E-state index in [2.05, 4.69) is 107 Å². The van der Waals surface area contributed by atoms with Crippen molar-refractivity contribution in [1.82, 2.24) is 0 Å². The number of fused-ring (bicyclic) bond motifs is 1. The van der Waals surface area contributed by atoms with Crippen molar-refractivity contribution in [3.8, 4) is 42.5 Å². The summed E-state index contributed by atoms with van der Waals surface area (Å²) in [6.45, 7) is 0. The first kappa shape index (κ1) is 34.4. The summed E-state index contributed by atoms with van der Waals surface area (Å²) >= 11 is 5.42. The first-order chi connectivity index (χ1) is 26.1. The van der Waals surface area contributed by atoms with Gasteiger partial charge in [0.25, 0.3) is 0 Å². The molecule has 53 heavy (non-hydrogen) atoms. The second-order valence-electron chi connectivity index (χ2n) is 12.0.